The summed E-state index contributed by atoms with van der Waals surface area (Å²) in [6, 6.07) is -0.0161. The van der Waals surface area contributed by atoms with Gasteiger partial charge in [-0.1, -0.05) is 19.8 Å². The van der Waals surface area contributed by atoms with Crippen molar-refractivity contribution in [2.45, 2.75) is 70.1 Å². The highest BCUT2D eigenvalue weighted by atomic mass is 16.3. The molecule has 2 saturated carbocycles. The first-order valence-electron chi connectivity index (χ1n) is 7.71. The average molecular weight is 268 g/mol. The van der Waals surface area contributed by atoms with Crippen molar-refractivity contribution in [2.24, 2.45) is 17.6 Å². The molecule has 3 N–H and O–H groups in total. The van der Waals surface area contributed by atoms with Gasteiger partial charge in [-0.15, -0.1) is 0 Å². The van der Waals surface area contributed by atoms with Gasteiger partial charge in [-0.25, -0.2) is 0 Å². The lowest BCUT2D eigenvalue weighted by Crippen LogP contribution is -2.52. The lowest BCUT2D eigenvalue weighted by molar-refractivity contribution is -0.141. The van der Waals surface area contributed by atoms with Crippen LogP contribution in [0, 0.1) is 11.8 Å². The van der Waals surface area contributed by atoms with Crippen LogP contribution in [0.2, 0.25) is 0 Å². The number of rotatable bonds is 2. The van der Waals surface area contributed by atoms with Crippen LogP contribution < -0.4 is 5.73 Å². The topological polar surface area (TPSA) is 66.6 Å². The van der Waals surface area contributed by atoms with Crippen molar-refractivity contribution in [3.8, 4) is 0 Å². The van der Waals surface area contributed by atoms with Crippen molar-refractivity contribution < 1.29 is 9.90 Å². The molecular weight excluding hydrogens is 240 g/mol. The molecule has 1 amide bonds. The fourth-order valence-corrected chi connectivity index (χ4v) is 3.66. The molecule has 0 aromatic rings. The van der Waals surface area contributed by atoms with E-state index in [1.165, 1.54) is 0 Å². The predicted molar refractivity (Wildman–Crippen MR) is 75.5 cm³/mol. The predicted octanol–water partition coefficient (Wildman–Crippen LogP) is 1.51. The minimum Gasteiger partial charge on any atom is -0.391 e. The summed E-state index contributed by atoms with van der Waals surface area (Å²) in [5, 5.41) is 10.1. The fraction of sp³-hybridized carbons (Fsp3) is 0.933. The molecule has 0 spiro atoms. The number of aliphatic hydroxyl groups is 1. The number of nitrogens with zero attached hydrogens (tertiary/aromatic N) is 1. The molecule has 5 atom stereocenters. The van der Waals surface area contributed by atoms with Gasteiger partial charge in [0, 0.05) is 13.1 Å². The molecule has 110 valence electrons. The highest BCUT2D eigenvalue weighted by Crippen LogP contribution is 2.31. The first-order valence-corrected chi connectivity index (χ1v) is 7.71. The van der Waals surface area contributed by atoms with Gasteiger partial charge < -0.3 is 15.7 Å². The summed E-state index contributed by atoms with van der Waals surface area (Å²) in [6.07, 6.45) is 6.51. The molecule has 2 fully saturated rings. The van der Waals surface area contributed by atoms with Crippen LogP contribution in [0.25, 0.3) is 0 Å². The van der Waals surface area contributed by atoms with Crippen LogP contribution >= 0.6 is 0 Å². The molecule has 5 unspecified atom stereocenters. The van der Waals surface area contributed by atoms with E-state index in [9.17, 15) is 9.90 Å². The molecule has 2 aliphatic rings. The van der Waals surface area contributed by atoms with Crippen molar-refractivity contribution in [1.29, 1.82) is 0 Å². The van der Waals surface area contributed by atoms with Crippen LogP contribution in [-0.4, -0.2) is 41.1 Å². The minimum absolute atomic E-state index is 0.00752. The Kier molecular flexibility index (Phi) is 4.85. The average Bonchev–Trinajstić information content (AvgIpc) is 2.40. The maximum atomic E-state index is 12.6. The SMILES string of the molecule is CC1CCC(N)C(C(=O)N(C)C2CCCCC2O)C1. The third-order valence-corrected chi connectivity index (χ3v) is 5.02. The van der Waals surface area contributed by atoms with Crippen LogP contribution in [0.1, 0.15) is 51.9 Å². The van der Waals surface area contributed by atoms with Gasteiger partial charge in [-0.05, 0) is 38.0 Å². The molecule has 0 bridgehead atoms. The van der Waals surface area contributed by atoms with E-state index in [1.54, 1.807) is 4.90 Å². The normalized spacial score (nSPS) is 39.9. The fourth-order valence-electron chi connectivity index (χ4n) is 3.66. The molecule has 0 aromatic heterocycles. The number of carbonyl (C=O) groups is 1. The molecule has 0 heterocycles. The molecule has 2 aliphatic carbocycles. The van der Waals surface area contributed by atoms with Crippen molar-refractivity contribution in [1.82, 2.24) is 4.90 Å². The first-order chi connectivity index (χ1) is 9.00. The number of carbonyl (C=O) groups excluding carboxylic acids is 1. The lowest BCUT2D eigenvalue weighted by atomic mass is 9.78. The molecule has 0 radical (unpaired) electrons. The molecule has 0 aliphatic heterocycles. The largest absolute Gasteiger partial charge is 0.391 e. The van der Waals surface area contributed by atoms with Gasteiger partial charge in [0.1, 0.15) is 0 Å². The van der Waals surface area contributed by atoms with Gasteiger partial charge in [0.05, 0.1) is 18.1 Å². The third-order valence-electron chi connectivity index (χ3n) is 5.02. The monoisotopic (exact) mass is 268 g/mol. The Morgan fingerprint density at radius 2 is 1.89 bits per heavy atom. The summed E-state index contributed by atoms with van der Waals surface area (Å²) in [5.74, 6) is 0.673. The maximum Gasteiger partial charge on any atom is 0.227 e. The Bertz CT molecular complexity index is 321. The van der Waals surface area contributed by atoms with Gasteiger partial charge in [-0.3, -0.25) is 4.79 Å². The number of likely N-dealkylation sites (N-methyl/N-ethyl adjacent to an activating group) is 1. The summed E-state index contributed by atoms with van der Waals surface area (Å²) in [5.41, 5.74) is 6.13. The van der Waals surface area contributed by atoms with Crippen LogP contribution in [0.15, 0.2) is 0 Å². The standard InChI is InChI=1S/C15H28N2O2/c1-10-7-8-12(16)11(9-10)15(19)17(2)13-5-3-4-6-14(13)18/h10-14,18H,3-9,16H2,1-2H3. The second-order valence-corrected chi connectivity index (χ2v) is 6.56. The summed E-state index contributed by atoms with van der Waals surface area (Å²) in [4.78, 5) is 14.4. The van der Waals surface area contributed by atoms with E-state index in [0.29, 0.717) is 5.92 Å². The van der Waals surface area contributed by atoms with Gasteiger partial charge in [0.2, 0.25) is 5.91 Å². The number of amides is 1. The van der Waals surface area contributed by atoms with E-state index < -0.39 is 0 Å². The van der Waals surface area contributed by atoms with Crippen LogP contribution in [-0.2, 0) is 4.79 Å². The second kappa shape index (κ2) is 6.23. The zero-order valence-corrected chi connectivity index (χ0v) is 12.2. The molecule has 2 rings (SSSR count). The van der Waals surface area contributed by atoms with E-state index in [1.807, 2.05) is 7.05 Å². The van der Waals surface area contributed by atoms with Gasteiger partial charge in [-0.2, -0.15) is 0 Å². The lowest BCUT2D eigenvalue weighted by Gasteiger charge is -2.40. The van der Waals surface area contributed by atoms with Crippen molar-refractivity contribution in [2.75, 3.05) is 7.05 Å². The molecule has 19 heavy (non-hydrogen) atoms. The first kappa shape index (κ1) is 14.8. The number of hydrogen-bond acceptors (Lipinski definition) is 3. The van der Waals surface area contributed by atoms with Crippen LogP contribution in [0.5, 0.6) is 0 Å². The maximum absolute atomic E-state index is 12.6. The zero-order valence-electron chi connectivity index (χ0n) is 12.2. The van der Waals surface area contributed by atoms with E-state index in [4.69, 9.17) is 5.73 Å². The highest BCUT2D eigenvalue weighted by molar-refractivity contribution is 5.79. The Morgan fingerprint density at radius 1 is 1.21 bits per heavy atom. The van der Waals surface area contributed by atoms with E-state index in [0.717, 1.165) is 44.9 Å². The summed E-state index contributed by atoms with van der Waals surface area (Å²) >= 11 is 0. The summed E-state index contributed by atoms with van der Waals surface area (Å²) in [7, 11) is 1.84. The molecule has 0 aromatic carbocycles. The van der Waals surface area contributed by atoms with Crippen molar-refractivity contribution >= 4 is 5.91 Å². The quantitative estimate of drug-likeness (QED) is 0.798. The Labute approximate surface area is 116 Å². The Morgan fingerprint density at radius 3 is 2.58 bits per heavy atom. The van der Waals surface area contributed by atoms with Crippen LogP contribution in [0.4, 0.5) is 0 Å². The zero-order chi connectivity index (χ0) is 14.0. The highest BCUT2D eigenvalue weighted by Gasteiger charge is 2.37. The van der Waals surface area contributed by atoms with Gasteiger partial charge in [0.25, 0.3) is 0 Å². The number of hydrogen-bond donors (Lipinski definition) is 2. The number of aliphatic hydroxyl groups excluding tert-OH is 1. The van der Waals surface area contributed by atoms with Crippen LogP contribution in [0.3, 0.4) is 0 Å². The Balaban J connectivity index is 2.01. The summed E-state index contributed by atoms with van der Waals surface area (Å²) in [6.45, 7) is 2.20. The molecule has 4 heteroatoms. The minimum atomic E-state index is -0.361. The number of nitrogens with two attached hydrogens (primary N) is 1. The van der Waals surface area contributed by atoms with E-state index in [-0.39, 0.29) is 30.0 Å². The van der Waals surface area contributed by atoms with Crippen molar-refractivity contribution in [3.63, 3.8) is 0 Å². The van der Waals surface area contributed by atoms with Gasteiger partial charge >= 0.3 is 0 Å². The van der Waals surface area contributed by atoms with Crippen molar-refractivity contribution in [3.05, 3.63) is 0 Å². The van der Waals surface area contributed by atoms with Gasteiger partial charge in [0.15, 0.2) is 0 Å². The third kappa shape index (κ3) is 3.29. The van der Waals surface area contributed by atoms with E-state index >= 15 is 0 Å². The summed E-state index contributed by atoms with van der Waals surface area (Å²) < 4.78 is 0. The molecular formula is C15H28N2O2. The Hall–Kier alpha value is -0.610. The second-order valence-electron chi connectivity index (χ2n) is 6.56. The smallest absolute Gasteiger partial charge is 0.227 e. The van der Waals surface area contributed by atoms with E-state index in [2.05, 4.69) is 6.92 Å². The molecule has 0 saturated heterocycles. The molecule has 4 nitrogen and oxygen atoms in total.